The normalized spacial score (nSPS) is 12.2. The Labute approximate surface area is 182 Å². The molecule has 0 saturated heterocycles. The fourth-order valence-electron chi connectivity index (χ4n) is 3.04. The summed E-state index contributed by atoms with van der Waals surface area (Å²) in [4.78, 5) is 24.3. The Kier molecular flexibility index (Phi) is 9.24. The van der Waals surface area contributed by atoms with Gasteiger partial charge in [0, 0.05) is 12.0 Å². The van der Waals surface area contributed by atoms with E-state index in [9.17, 15) is 19.3 Å². The van der Waals surface area contributed by atoms with Crippen LogP contribution in [0, 0.1) is 0 Å². The Morgan fingerprint density at radius 2 is 1.65 bits per heavy atom. The lowest BCUT2D eigenvalue weighted by Crippen LogP contribution is -2.42. The van der Waals surface area contributed by atoms with Crippen molar-refractivity contribution in [2.45, 2.75) is 32.5 Å². The van der Waals surface area contributed by atoms with Crippen molar-refractivity contribution >= 4 is 19.5 Å². The summed E-state index contributed by atoms with van der Waals surface area (Å²) < 4.78 is 28.5. The van der Waals surface area contributed by atoms with Crippen molar-refractivity contribution in [3.63, 3.8) is 0 Å². The van der Waals surface area contributed by atoms with Crippen LogP contribution in [-0.2, 0) is 31.0 Å². The molecule has 2 rings (SSSR count). The number of amides is 1. The standard InChI is InChI=1S/C22H28NO7P/c1-4-29-31(27,30-5-2)15-16-10-12-17(13-11-16)21(24)23-19(22(25)26)14-18-8-6-7-9-20(18)28-3/h6-13,19H,4-5,14-15H2,1-3H3,(H,23,24)(H,25,26)/t19-/m1/s1. The lowest BCUT2D eigenvalue weighted by Gasteiger charge is -2.18. The average molecular weight is 449 g/mol. The molecule has 0 unspecified atom stereocenters. The van der Waals surface area contributed by atoms with Crippen LogP contribution in [0.3, 0.4) is 0 Å². The molecular formula is C22H28NO7P. The number of ether oxygens (including phenoxy) is 1. The van der Waals surface area contributed by atoms with Gasteiger partial charge in [-0.05, 0) is 43.2 Å². The van der Waals surface area contributed by atoms with Crippen LogP contribution >= 0.6 is 7.60 Å². The number of benzene rings is 2. The average Bonchev–Trinajstić information content (AvgIpc) is 2.74. The quantitative estimate of drug-likeness (QED) is 0.473. The molecule has 2 aromatic carbocycles. The third-order valence-electron chi connectivity index (χ3n) is 4.46. The summed E-state index contributed by atoms with van der Waals surface area (Å²) in [5.74, 6) is -1.11. The van der Waals surface area contributed by atoms with Gasteiger partial charge in [0.1, 0.15) is 11.8 Å². The molecule has 0 bridgehead atoms. The highest BCUT2D eigenvalue weighted by Gasteiger charge is 2.25. The molecule has 2 N–H and O–H groups in total. The maximum absolute atomic E-state index is 12.6. The topological polar surface area (TPSA) is 111 Å². The van der Waals surface area contributed by atoms with E-state index < -0.39 is 25.5 Å². The van der Waals surface area contributed by atoms with Gasteiger partial charge < -0.3 is 24.2 Å². The first-order valence-electron chi connectivity index (χ1n) is 9.94. The lowest BCUT2D eigenvalue weighted by molar-refractivity contribution is -0.139. The first-order chi connectivity index (χ1) is 14.8. The summed E-state index contributed by atoms with van der Waals surface area (Å²) >= 11 is 0. The predicted molar refractivity (Wildman–Crippen MR) is 117 cm³/mol. The van der Waals surface area contributed by atoms with Crippen molar-refractivity contribution in [1.82, 2.24) is 5.32 Å². The van der Waals surface area contributed by atoms with E-state index in [4.69, 9.17) is 13.8 Å². The zero-order valence-corrected chi connectivity index (χ0v) is 18.8. The Hall–Kier alpha value is -2.67. The minimum Gasteiger partial charge on any atom is -0.496 e. The Morgan fingerprint density at radius 3 is 2.19 bits per heavy atom. The molecule has 0 heterocycles. The van der Waals surface area contributed by atoms with Crippen molar-refractivity contribution in [1.29, 1.82) is 0 Å². The Bertz CT molecular complexity index is 920. The van der Waals surface area contributed by atoms with E-state index in [2.05, 4.69) is 5.32 Å². The third-order valence-corrected chi connectivity index (χ3v) is 6.52. The van der Waals surface area contributed by atoms with Crippen LogP contribution in [0.2, 0.25) is 0 Å². The molecular weight excluding hydrogens is 421 g/mol. The van der Waals surface area contributed by atoms with Gasteiger partial charge in [-0.25, -0.2) is 4.79 Å². The van der Waals surface area contributed by atoms with Crippen molar-refractivity contribution in [3.05, 3.63) is 65.2 Å². The van der Waals surface area contributed by atoms with E-state index in [0.717, 1.165) is 0 Å². The van der Waals surface area contributed by atoms with E-state index in [1.807, 2.05) is 0 Å². The number of carboxylic acids is 1. The number of aliphatic carboxylic acids is 1. The monoisotopic (exact) mass is 449 g/mol. The molecule has 0 aromatic heterocycles. The second-order valence-electron chi connectivity index (χ2n) is 6.68. The summed E-state index contributed by atoms with van der Waals surface area (Å²) in [6, 6.07) is 12.3. The zero-order chi connectivity index (χ0) is 22.9. The van der Waals surface area contributed by atoms with Crippen molar-refractivity contribution in [2.75, 3.05) is 20.3 Å². The minimum absolute atomic E-state index is 0.0784. The molecule has 0 radical (unpaired) electrons. The summed E-state index contributed by atoms with van der Waals surface area (Å²) in [6.07, 6.45) is 0.164. The Morgan fingerprint density at radius 1 is 1.03 bits per heavy atom. The maximum Gasteiger partial charge on any atom is 0.335 e. The van der Waals surface area contributed by atoms with E-state index in [1.165, 1.54) is 7.11 Å². The first kappa shape index (κ1) is 24.6. The highest BCUT2D eigenvalue weighted by atomic mass is 31.2. The van der Waals surface area contributed by atoms with Crippen molar-refractivity contribution in [2.24, 2.45) is 0 Å². The third kappa shape index (κ3) is 7.21. The molecule has 168 valence electrons. The Balaban J connectivity index is 2.09. The number of carbonyl (C=O) groups excluding carboxylic acids is 1. The summed E-state index contributed by atoms with van der Waals surface area (Å²) in [5.41, 5.74) is 1.65. The molecule has 0 spiro atoms. The second kappa shape index (κ2) is 11.6. The molecule has 1 amide bonds. The zero-order valence-electron chi connectivity index (χ0n) is 17.9. The molecule has 0 fully saturated rings. The number of methoxy groups -OCH3 is 1. The van der Waals surface area contributed by atoms with Gasteiger partial charge in [-0.2, -0.15) is 0 Å². The molecule has 2 aromatic rings. The van der Waals surface area contributed by atoms with Crippen LogP contribution in [0.1, 0.15) is 35.3 Å². The van der Waals surface area contributed by atoms with Crippen LogP contribution in [0.25, 0.3) is 0 Å². The fraction of sp³-hybridized carbons (Fsp3) is 0.364. The first-order valence-corrected chi connectivity index (χ1v) is 11.7. The molecule has 0 saturated carbocycles. The van der Waals surface area contributed by atoms with Crippen LogP contribution < -0.4 is 10.1 Å². The van der Waals surface area contributed by atoms with Crippen molar-refractivity contribution in [3.8, 4) is 5.75 Å². The number of nitrogens with one attached hydrogen (secondary N) is 1. The van der Waals surface area contributed by atoms with Crippen molar-refractivity contribution < 1.29 is 33.0 Å². The number of carboxylic acid groups (broad SMARTS) is 1. The van der Waals surface area contributed by atoms with Gasteiger partial charge in [-0.1, -0.05) is 30.3 Å². The van der Waals surface area contributed by atoms with Gasteiger partial charge >= 0.3 is 13.6 Å². The van der Waals surface area contributed by atoms with Crippen LogP contribution in [-0.4, -0.2) is 43.3 Å². The van der Waals surface area contributed by atoms with E-state index >= 15 is 0 Å². The fourth-order valence-corrected chi connectivity index (χ4v) is 4.74. The van der Waals surface area contributed by atoms with Gasteiger partial charge in [0.15, 0.2) is 0 Å². The number of hydrogen-bond acceptors (Lipinski definition) is 6. The van der Waals surface area contributed by atoms with Crippen LogP contribution in [0.15, 0.2) is 48.5 Å². The molecule has 1 atom stereocenters. The lowest BCUT2D eigenvalue weighted by atomic mass is 10.0. The predicted octanol–water partition coefficient (Wildman–Crippen LogP) is 3.89. The van der Waals surface area contributed by atoms with Gasteiger partial charge in [-0.15, -0.1) is 0 Å². The number of carbonyl (C=O) groups is 2. The smallest absolute Gasteiger partial charge is 0.335 e. The summed E-state index contributed by atoms with van der Waals surface area (Å²) in [6.45, 7) is 4.01. The van der Waals surface area contributed by atoms with E-state index in [1.54, 1.807) is 62.4 Å². The van der Waals surface area contributed by atoms with E-state index in [-0.39, 0.29) is 31.4 Å². The van der Waals surface area contributed by atoms with Crippen LogP contribution in [0.5, 0.6) is 5.75 Å². The molecule has 0 aliphatic heterocycles. The molecule has 9 heteroatoms. The SMILES string of the molecule is CCOP(=O)(Cc1ccc(C(=O)N[C@H](Cc2ccccc2OC)C(=O)O)cc1)OCC. The second-order valence-corrected chi connectivity index (χ2v) is 8.74. The van der Waals surface area contributed by atoms with Gasteiger partial charge in [0.25, 0.3) is 5.91 Å². The summed E-state index contributed by atoms with van der Waals surface area (Å²) in [5, 5.41) is 12.1. The van der Waals surface area contributed by atoms with Crippen LogP contribution in [0.4, 0.5) is 0 Å². The van der Waals surface area contributed by atoms with Gasteiger partial charge in [-0.3, -0.25) is 9.36 Å². The largest absolute Gasteiger partial charge is 0.496 e. The van der Waals surface area contributed by atoms with E-state index in [0.29, 0.717) is 16.9 Å². The summed E-state index contributed by atoms with van der Waals surface area (Å²) in [7, 11) is -1.75. The number of para-hydroxylation sites is 1. The highest BCUT2D eigenvalue weighted by Crippen LogP contribution is 2.51. The molecule has 31 heavy (non-hydrogen) atoms. The maximum atomic E-state index is 12.6. The minimum atomic E-state index is -3.25. The highest BCUT2D eigenvalue weighted by molar-refractivity contribution is 7.53. The molecule has 0 aliphatic carbocycles. The van der Waals surface area contributed by atoms with Gasteiger partial charge in [0.2, 0.25) is 0 Å². The van der Waals surface area contributed by atoms with Gasteiger partial charge in [0.05, 0.1) is 26.5 Å². The molecule has 8 nitrogen and oxygen atoms in total. The number of hydrogen-bond donors (Lipinski definition) is 2. The molecule has 0 aliphatic rings. The number of rotatable bonds is 12.